The molecule has 21 heavy (non-hydrogen) atoms. The summed E-state index contributed by atoms with van der Waals surface area (Å²) in [7, 11) is 0. The number of fused-ring (bicyclic) bond motifs is 1. The molecule has 0 aliphatic rings. The minimum atomic E-state index is -0.100. The molecule has 0 saturated heterocycles. The van der Waals surface area contributed by atoms with Gasteiger partial charge in [0.15, 0.2) is 5.82 Å². The molecule has 0 bridgehead atoms. The Bertz CT molecular complexity index is 787. The highest BCUT2D eigenvalue weighted by atomic mass is 127. The third-order valence-electron chi connectivity index (χ3n) is 3.11. The number of aromatic nitrogens is 4. The quantitative estimate of drug-likeness (QED) is 0.441. The molecule has 0 saturated carbocycles. The van der Waals surface area contributed by atoms with Crippen LogP contribution in [0.5, 0.6) is 0 Å². The van der Waals surface area contributed by atoms with Gasteiger partial charge in [-0.25, -0.2) is 15.0 Å². The van der Waals surface area contributed by atoms with Crippen molar-refractivity contribution < 1.29 is 0 Å². The number of imidazole rings is 1. The van der Waals surface area contributed by atoms with Crippen LogP contribution in [0.3, 0.4) is 0 Å². The number of hydrogen-bond donors (Lipinski definition) is 0. The van der Waals surface area contributed by atoms with Gasteiger partial charge in [-0.15, -0.1) is 0 Å². The van der Waals surface area contributed by atoms with Crippen molar-refractivity contribution in [2.24, 2.45) is 0 Å². The standard InChI is InChI=1S/C15H14ClIN4/c1-15(2,3)12-11(17)13(16)20-14(19-12)9-8-21-7-5-4-6-10(21)18-9/h4-8H,1-3H3. The number of rotatable bonds is 1. The average Bonchev–Trinajstić information content (AvgIpc) is 2.84. The van der Waals surface area contributed by atoms with Gasteiger partial charge in [-0.1, -0.05) is 38.4 Å². The van der Waals surface area contributed by atoms with Crippen molar-refractivity contribution in [3.63, 3.8) is 0 Å². The van der Waals surface area contributed by atoms with Crippen LogP contribution in [0.25, 0.3) is 17.2 Å². The molecule has 0 unspecified atom stereocenters. The van der Waals surface area contributed by atoms with Gasteiger partial charge in [0.05, 0.1) is 9.26 Å². The Morgan fingerprint density at radius 1 is 1.14 bits per heavy atom. The molecule has 4 nitrogen and oxygen atoms in total. The summed E-state index contributed by atoms with van der Waals surface area (Å²) in [4.78, 5) is 13.6. The molecule has 3 heterocycles. The van der Waals surface area contributed by atoms with E-state index in [1.54, 1.807) is 0 Å². The van der Waals surface area contributed by atoms with Gasteiger partial charge in [0.25, 0.3) is 0 Å². The van der Waals surface area contributed by atoms with Crippen LogP contribution in [0, 0.1) is 3.57 Å². The first-order chi connectivity index (χ1) is 9.86. The van der Waals surface area contributed by atoms with E-state index in [1.165, 1.54) is 0 Å². The summed E-state index contributed by atoms with van der Waals surface area (Å²) < 4.78 is 2.84. The number of halogens is 2. The van der Waals surface area contributed by atoms with Gasteiger partial charge in [-0.05, 0) is 34.7 Å². The molecular formula is C15H14ClIN4. The topological polar surface area (TPSA) is 43.1 Å². The predicted molar refractivity (Wildman–Crippen MR) is 92.6 cm³/mol. The van der Waals surface area contributed by atoms with Crippen LogP contribution in [0.1, 0.15) is 26.5 Å². The van der Waals surface area contributed by atoms with Crippen molar-refractivity contribution in [2.45, 2.75) is 26.2 Å². The second kappa shape index (κ2) is 5.21. The smallest absolute Gasteiger partial charge is 0.181 e. The molecule has 0 aliphatic heterocycles. The zero-order valence-corrected chi connectivity index (χ0v) is 14.8. The van der Waals surface area contributed by atoms with Gasteiger partial charge < -0.3 is 4.40 Å². The van der Waals surface area contributed by atoms with E-state index in [9.17, 15) is 0 Å². The third kappa shape index (κ3) is 2.76. The molecule has 0 amide bonds. The van der Waals surface area contributed by atoms with Gasteiger partial charge in [-0.2, -0.15) is 0 Å². The van der Waals surface area contributed by atoms with E-state index in [0.29, 0.717) is 11.0 Å². The second-order valence-electron chi connectivity index (χ2n) is 5.84. The molecule has 0 aliphatic carbocycles. The predicted octanol–water partition coefficient (Wildman–Crippen LogP) is 4.35. The second-order valence-corrected chi connectivity index (χ2v) is 7.28. The highest BCUT2D eigenvalue weighted by molar-refractivity contribution is 14.1. The van der Waals surface area contributed by atoms with Gasteiger partial charge in [0.2, 0.25) is 0 Å². The Labute approximate surface area is 141 Å². The van der Waals surface area contributed by atoms with Crippen LogP contribution >= 0.6 is 34.2 Å². The first kappa shape index (κ1) is 14.7. The molecule has 0 fully saturated rings. The zero-order chi connectivity index (χ0) is 15.2. The van der Waals surface area contributed by atoms with E-state index in [1.807, 2.05) is 35.0 Å². The summed E-state index contributed by atoms with van der Waals surface area (Å²) in [5.74, 6) is 0.564. The average molecular weight is 413 g/mol. The highest BCUT2D eigenvalue weighted by Crippen LogP contribution is 2.31. The Morgan fingerprint density at radius 2 is 1.90 bits per heavy atom. The molecule has 3 aromatic heterocycles. The maximum atomic E-state index is 6.28. The molecule has 0 radical (unpaired) electrons. The minimum absolute atomic E-state index is 0.100. The van der Waals surface area contributed by atoms with E-state index in [-0.39, 0.29) is 5.41 Å². The van der Waals surface area contributed by atoms with Crippen molar-refractivity contribution in [1.29, 1.82) is 0 Å². The molecule has 0 N–H and O–H groups in total. The van der Waals surface area contributed by atoms with E-state index >= 15 is 0 Å². The van der Waals surface area contributed by atoms with Crippen LogP contribution < -0.4 is 0 Å². The van der Waals surface area contributed by atoms with Crippen LogP contribution in [-0.4, -0.2) is 19.4 Å². The minimum Gasteiger partial charge on any atom is -0.306 e. The lowest BCUT2D eigenvalue weighted by Crippen LogP contribution is -2.17. The van der Waals surface area contributed by atoms with Crippen LogP contribution in [-0.2, 0) is 5.41 Å². The molecule has 6 heteroatoms. The van der Waals surface area contributed by atoms with Gasteiger partial charge in [-0.3, -0.25) is 0 Å². The summed E-state index contributed by atoms with van der Waals surface area (Å²) in [5, 5.41) is 0.475. The molecule has 3 rings (SSSR count). The Kier molecular flexibility index (Phi) is 3.65. The van der Waals surface area contributed by atoms with Crippen molar-refractivity contribution in [3.05, 3.63) is 45.0 Å². The van der Waals surface area contributed by atoms with E-state index < -0.39 is 0 Å². The molecule has 0 aromatic carbocycles. The SMILES string of the molecule is CC(C)(C)c1nc(-c2cn3ccccc3n2)nc(Cl)c1I. The summed E-state index contributed by atoms with van der Waals surface area (Å²) in [6.45, 7) is 6.34. The monoisotopic (exact) mass is 412 g/mol. The molecule has 0 atom stereocenters. The summed E-state index contributed by atoms with van der Waals surface area (Å²) in [5.41, 5.74) is 2.43. The molecular weight excluding hydrogens is 399 g/mol. The first-order valence-electron chi connectivity index (χ1n) is 6.54. The van der Waals surface area contributed by atoms with Gasteiger partial charge >= 0.3 is 0 Å². The lowest BCUT2D eigenvalue weighted by atomic mass is 9.92. The van der Waals surface area contributed by atoms with Crippen LogP contribution in [0.4, 0.5) is 0 Å². The van der Waals surface area contributed by atoms with E-state index in [4.69, 9.17) is 16.6 Å². The Hall–Kier alpha value is -1.21. The zero-order valence-electron chi connectivity index (χ0n) is 11.9. The number of nitrogens with zero attached hydrogens (tertiary/aromatic N) is 4. The summed E-state index contributed by atoms with van der Waals surface area (Å²) in [6.07, 6.45) is 3.87. The fraction of sp³-hybridized carbons (Fsp3) is 0.267. The lowest BCUT2D eigenvalue weighted by molar-refractivity contribution is 0.563. The maximum absolute atomic E-state index is 6.28. The highest BCUT2D eigenvalue weighted by Gasteiger charge is 2.23. The van der Waals surface area contributed by atoms with E-state index in [2.05, 4.69) is 53.3 Å². The normalized spacial score (nSPS) is 12.0. The molecule has 108 valence electrons. The maximum Gasteiger partial charge on any atom is 0.181 e. The van der Waals surface area contributed by atoms with Crippen molar-refractivity contribution in [1.82, 2.24) is 19.4 Å². The Balaban J connectivity index is 2.20. The van der Waals surface area contributed by atoms with Crippen LogP contribution in [0.15, 0.2) is 30.6 Å². The summed E-state index contributed by atoms with van der Waals surface area (Å²) in [6, 6.07) is 5.86. The van der Waals surface area contributed by atoms with E-state index in [0.717, 1.165) is 20.6 Å². The summed E-state index contributed by atoms with van der Waals surface area (Å²) >= 11 is 8.48. The molecule has 0 spiro atoms. The van der Waals surface area contributed by atoms with Gasteiger partial charge in [0, 0.05) is 17.8 Å². The first-order valence-corrected chi connectivity index (χ1v) is 7.99. The van der Waals surface area contributed by atoms with Crippen molar-refractivity contribution >= 4 is 39.8 Å². The number of pyridine rings is 1. The largest absolute Gasteiger partial charge is 0.306 e. The fourth-order valence-corrected chi connectivity index (χ4v) is 3.29. The fourth-order valence-electron chi connectivity index (χ4n) is 2.07. The van der Waals surface area contributed by atoms with Crippen LogP contribution in [0.2, 0.25) is 5.15 Å². The Morgan fingerprint density at radius 3 is 2.57 bits per heavy atom. The van der Waals surface area contributed by atoms with Crippen molar-refractivity contribution in [2.75, 3.05) is 0 Å². The lowest BCUT2D eigenvalue weighted by Gasteiger charge is -2.20. The van der Waals surface area contributed by atoms with Gasteiger partial charge in [0.1, 0.15) is 16.5 Å². The number of hydrogen-bond acceptors (Lipinski definition) is 3. The molecule has 3 aromatic rings. The third-order valence-corrected chi connectivity index (χ3v) is 4.73. The van der Waals surface area contributed by atoms with Crippen molar-refractivity contribution in [3.8, 4) is 11.5 Å².